The van der Waals surface area contributed by atoms with Gasteiger partial charge in [-0.25, -0.2) is 0 Å². The van der Waals surface area contributed by atoms with Crippen molar-refractivity contribution in [2.24, 2.45) is 0 Å². The first-order valence-electron chi connectivity index (χ1n) is 4.53. The summed E-state index contributed by atoms with van der Waals surface area (Å²) in [5.41, 5.74) is 2.02. The molecule has 2 aromatic heterocycles. The van der Waals surface area contributed by atoms with Crippen molar-refractivity contribution in [3.05, 3.63) is 48.8 Å². The van der Waals surface area contributed by atoms with E-state index in [4.69, 9.17) is 0 Å². The van der Waals surface area contributed by atoms with Gasteiger partial charge >= 0.3 is 0 Å². The molecule has 3 heteroatoms. The minimum absolute atomic E-state index is 0. The first kappa shape index (κ1) is 10.2. The van der Waals surface area contributed by atoms with Crippen LogP contribution < -0.4 is 0 Å². The zero-order valence-electron chi connectivity index (χ0n) is 7.85. The van der Waals surface area contributed by atoms with Crippen LogP contribution in [0.3, 0.4) is 0 Å². The van der Waals surface area contributed by atoms with Gasteiger partial charge in [-0.05, 0) is 24.3 Å². The Morgan fingerprint density at radius 3 is 2.53 bits per heavy atom. The van der Waals surface area contributed by atoms with Gasteiger partial charge in [-0.15, -0.1) is 0 Å². The molecule has 0 saturated heterocycles. The zero-order valence-corrected chi connectivity index (χ0v) is 10.2. The van der Waals surface area contributed by atoms with Crippen molar-refractivity contribution in [1.82, 2.24) is 9.97 Å². The van der Waals surface area contributed by atoms with Crippen LogP contribution in [0.5, 0.6) is 0 Å². The van der Waals surface area contributed by atoms with Gasteiger partial charge < -0.3 is 0 Å². The summed E-state index contributed by atoms with van der Waals surface area (Å²) < 4.78 is 0. The maximum absolute atomic E-state index is 4.37. The molecule has 0 unspecified atom stereocenters. The largest absolute Gasteiger partial charge is 0.256 e. The summed E-state index contributed by atoms with van der Waals surface area (Å²) in [6, 6.07) is 12.1. The van der Waals surface area contributed by atoms with Crippen LogP contribution in [-0.4, -0.2) is 9.97 Å². The minimum Gasteiger partial charge on any atom is -0.256 e. The Morgan fingerprint density at radius 1 is 0.800 bits per heavy atom. The summed E-state index contributed by atoms with van der Waals surface area (Å²) in [6.07, 6.45) is 3.62. The molecule has 1 radical (unpaired) electrons. The fraction of sp³-hybridized carbons (Fsp3) is 0. The summed E-state index contributed by atoms with van der Waals surface area (Å²) in [5.74, 6) is 0. The van der Waals surface area contributed by atoms with Crippen molar-refractivity contribution in [3.8, 4) is 0 Å². The second-order valence-corrected chi connectivity index (χ2v) is 3.21. The van der Waals surface area contributed by atoms with Crippen LogP contribution in [0.15, 0.2) is 48.8 Å². The Labute approximate surface area is 101 Å². The maximum atomic E-state index is 4.37. The van der Waals surface area contributed by atoms with E-state index in [1.165, 1.54) is 0 Å². The van der Waals surface area contributed by atoms with Crippen LogP contribution in [0.2, 0.25) is 0 Å². The van der Waals surface area contributed by atoms with Crippen LogP contribution in [0.1, 0.15) is 0 Å². The van der Waals surface area contributed by atoms with Gasteiger partial charge in [0.15, 0.2) is 0 Å². The quantitative estimate of drug-likeness (QED) is 0.567. The monoisotopic (exact) mass is 373 g/mol. The molecule has 75 valence electrons. The summed E-state index contributed by atoms with van der Waals surface area (Å²) in [4.78, 5) is 8.66. The third-order valence-electron chi connectivity index (χ3n) is 2.35. The molecule has 0 spiro atoms. The normalized spacial score (nSPS) is 10.1. The van der Waals surface area contributed by atoms with Crippen molar-refractivity contribution in [3.63, 3.8) is 0 Å². The molecule has 15 heavy (non-hydrogen) atoms. The summed E-state index contributed by atoms with van der Waals surface area (Å²) >= 11 is 0. The van der Waals surface area contributed by atoms with Gasteiger partial charge in [0.05, 0.1) is 11.0 Å². The molecule has 3 rings (SSSR count). The van der Waals surface area contributed by atoms with Crippen LogP contribution in [-0.2, 0) is 20.1 Å². The molecule has 0 N–H and O–H groups in total. The molecule has 2 nitrogen and oxygen atoms in total. The van der Waals surface area contributed by atoms with Crippen molar-refractivity contribution < 1.29 is 20.1 Å². The van der Waals surface area contributed by atoms with Gasteiger partial charge in [0, 0.05) is 43.3 Å². The van der Waals surface area contributed by atoms with Crippen molar-refractivity contribution in [1.29, 1.82) is 0 Å². The molecule has 0 aliphatic rings. The molecule has 0 amide bonds. The van der Waals surface area contributed by atoms with Gasteiger partial charge in [-0.2, -0.15) is 0 Å². The first-order chi connectivity index (χ1) is 6.95. The summed E-state index contributed by atoms with van der Waals surface area (Å²) in [5, 5.41) is 2.28. The van der Waals surface area contributed by atoms with Gasteiger partial charge in [0.25, 0.3) is 0 Å². The van der Waals surface area contributed by atoms with Crippen LogP contribution in [0.25, 0.3) is 21.8 Å². The predicted molar refractivity (Wildman–Crippen MR) is 57.0 cm³/mol. The molecule has 0 saturated carbocycles. The Balaban J connectivity index is 0.000000853. The molecule has 0 aliphatic heterocycles. The average Bonchev–Trinajstić information content (AvgIpc) is 2.29. The van der Waals surface area contributed by atoms with E-state index >= 15 is 0 Å². The number of aromatic nitrogens is 2. The minimum atomic E-state index is 0. The van der Waals surface area contributed by atoms with E-state index in [0.29, 0.717) is 0 Å². The Hall–Kier alpha value is -1.31. The molecule has 1 aromatic carbocycles. The fourth-order valence-corrected chi connectivity index (χ4v) is 1.70. The third kappa shape index (κ3) is 1.64. The molecule has 0 aliphatic carbocycles. The van der Waals surface area contributed by atoms with Crippen LogP contribution in [0.4, 0.5) is 0 Å². The molecule has 0 fully saturated rings. The van der Waals surface area contributed by atoms with E-state index < -0.39 is 0 Å². The van der Waals surface area contributed by atoms with Gasteiger partial charge in [-0.1, -0.05) is 12.1 Å². The number of hydrogen-bond acceptors (Lipinski definition) is 2. The van der Waals surface area contributed by atoms with E-state index in [2.05, 4.69) is 28.2 Å². The number of pyridine rings is 2. The van der Waals surface area contributed by atoms with Crippen molar-refractivity contribution in [2.45, 2.75) is 0 Å². The molecular weight excluding hydrogens is 364 g/mol. The molecule has 3 aromatic rings. The van der Waals surface area contributed by atoms with E-state index in [9.17, 15) is 0 Å². The second-order valence-electron chi connectivity index (χ2n) is 3.21. The Morgan fingerprint density at radius 2 is 1.60 bits per heavy atom. The number of hydrogen-bond donors (Lipinski definition) is 0. The van der Waals surface area contributed by atoms with Crippen LogP contribution in [0, 0.1) is 0 Å². The van der Waals surface area contributed by atoms with Gasteiger partial charge in [0.2, 0.25) is 0 Å². The maximum Gasteiger partial charge on any atom is 0.0795 e. The topological polar surface area (TPSA) is 25.8 Å². The summed E-state index contributed by atoms with van der Waals surface area (Å²) in [6.45, 7) is 0. The zero-order chi connectivity index (χ0) is 9.38. The SMILES string of the molecule is [Ir].c1cnc2c(c1)ccc1ncccc12. The predicted octanol–water partition coefficient (Wildman–Crippen LogP) is 2.78. The summed E-state index contributed by atoms with van der Waals surface area (Å²) in [7, 11) is 0. The molecule has 0 bridgehead atoms. The molecule has 0 atom stereocenters. The van der Waals surface area contributed by atoms with Gasteiger partial charge in [0.1, 0.15) is 0 Å². The average molecular weight is 372 g/mol. The smallest absolute Gasteiger partial charge is 0.0795 e. The molecular formula is C12H8IrN2. The van der Waals surface area contributed by atoms with Crippen molar-refractivity contribution in [2.75, 3.05) is 0 Å². The standard InChI is InChI=1S/C12H8N2.Ir/c1-3-9-5-6-11-10(4-2-7-13-11)12(9)14-8-1;/h1-8H;. The number of benzene rings is 1. The Kier molecular flexibility index (Phi) is 2.76. The van der Waals surface area contributed by atoms with Crippen LogP contribution >= 0.6 is 0 Å². The first-order valence-corrected chi connectivity index (χ1v) is 4.53. The van der Waals surface area contributed by atoms with E-state index in [1.54, 1.807) is 6.20 Å². The van der Waals surface area contributed by atoms with E-state index in [0.717, 1.165) is 21.8 Å². The number of rotatable bonds is 0. The third-order valence-corrected chi connectivity index (χ3v) is 2.35. The van der Waals surface area contributed by atoms with Gasteiger partial charge in [-0.3, -0.25) is 9.97 Å². The number of nitrogens with zero attached hydrogens (tertiary/aromatic N) is 2. The fourth-order valence-electron chi connectivity index (χ4n) is 1.70. The Bertz CT molecular complexity index is 553. The van der Waals surface area contributed by atoms with Crippen molar-refractivity contribution >= 4 is 21.8 Å². The van der Waals surface area contributed by atoms with E-state index in [1.807, 2.05) is 24.4 Å². The molecule has 2 heterocycles. The number of fused-ring (bicyclic) bond motifs is 3. The second kappa shape index (κ2) is 4.05. The van der Waals surface area contributed by atoms with E-state index in [-0.39, 0.29) is 20.1 Å².